The number of fused-ring (bicyclic) bond motifs is 1. The van der Waals surface area contributed by atoms with Gasteiger partial charge in [0.2, 0.25) is 0 Å². The minimum atomic E-state index is 0.119. The summed E-state index contributed by atoms with van der Waals surface area (Å²) in [5, 5.41) is 9.40. The van der Waals surface area contributed by atoms with Crippen LogP contribution in [0.15, 0.2) is 48.5 Å². The standard InChI is InChI=1S/C15H14O2/c16-12-5-3-6-13(10-12)17-15-9-8-11-4-1-2-7-14(11)15/h1-7,10,15-16H,8-9H2. The van der Waals surface area contributed by atoms with Crippen molar-refractivity contribution in [1.29, 1.82) is 0 Å². The van der Waals surface area contributed by atoms with Crippen LogP contribution in [0.25, 0.3) is 0 Å². The van der Waals surface area contributed by atoms with Gasteiger partial charge < -0.3 is 9.84 Å². The van der Waals surface area contributed by atoms with E-state index in [4.69, 9.17) is 4.74 Å². The van der Waals surface area contributed by atoms with Crippen LogP contribution in [0.5, 0.6) is 11.5 Å². The average molecular weight is 226 g/mol. The zero-order valence-corrected chi connectivity index (χ0v) is 9.47. The summed E-state index contributed by atoms with van der Waals surface area (Å²) in [5.41, 5.74) is 2.65. The molecule has 2 aromatic rings. The normalized spacial score (nSPS) is 17.8. The fraction of sp³-hybridized carbons (Fsp3) is 0.200. The first-order chi connectivity index (χ1) is 8.33. The Morgan fingerprint density at radius 3 is 2.82 bits per heavy atom. The Morgan fingerprint density at radius 2 is 1.94 bits per heavy atom. The molecule has 0 saturated carbocycles. The molecule has 0 spiro atoms. The predicted octanol–water partition coefficient (Wildman–Crippen LogP) is 3.46. The van der Waals surface area contributed by atoms with E-state index in [-0.39, 0.29) is 11.9 Å². The molecule has 0 heterocycles. The molecule has 0 amide bonds. The number of hydrogen-bond donors (Lipinski definition) is 1. The van der Waals surface area contributed by atoms with Gasteiger partial charge in [-0.3, -0.25) is 0 Å². The van der Waals surface area contributed by atoms with Gasteiger partial charge in [0, 0.05) is 6.07 Å². The van der Waals surface area contributed by atoms with E-state index < -0.39 is 0 Å². The molecule has 0 radical (unpaired) electrons. The highest BCUT2D eigenvalue weighted by Gasteiger charge is 2.23. The van der Waals surface area contributed by atoms with Crippen LogP contribution in [0.2, 0.25) is 0 Å². The van der Waals surface area contributed by atoms with Crippen LogP contribution in [0.4, 0.5) is 0 Å². The first kappa shape index (κ1) is 10.2. The lowest BCUT2D eigenvalue weighted by Gasteiger charge is -2.14. The zero-order chi connectivity index (χ0) is 11.7. The Hall–Kier alpha value is -1.96. The second-order valence-corrected chi connectivity index (χ2v) is 4.34. The maximum absolute atomic E-state index is 9.40. The van der Waals surface area contributed by atoms with Crippen molar-refractivity contribution in [3.63, 3.8) is 0 Å². The van der Waals surface area contributed by atoms with E-state index in [0.29, 0.717) is 0 Å². The van der Waals surface area contributed by atoms with Crippen molar-refractivity contribution in [3.8, 4) is 11.5 Å². The highest BCUT2D eigenvalue weighted by atomic mass is 16.5. The molecule has 2 nitrogen and oxygen atoms in total. The molecule has 3 rings (SSSR count). The van der Waals surface area contributed by atoms with Crippen LogP contribution >= 0.6 is 0 Å². The van der Waals surface area contributed by atoms with E-state index >= 15 is 0 Å². The topological polar surface area (TPSA) is 29.5 Å². The largest absolute Gasteiger partial charge is 0.508 e. The van der Waals surface area contributed by atoms with Crippen LogP contribution < -0.4 is 4.74 Å². The summed E-state index contributed by atoms with van der Waals surface area (Å²) in [6, 6.07) is 15.4. The van der Waals surface area contributed by atoms with Gasteiger partial charge >= 0.3 is 0 Å². The van der Waals surface area contributed by atoms with Crippen molar-refractivity contribution in [2.45, 2.75) is 18.9 Å². The molecular weight excluding hydrogens is 212 g/mol. The molecule has 1 atom stereocenters. The van der Waals surface area contributed by atoms with Gasteiger partial charge in [-0.25, -0.2) is 0 Å². The quantitative estimate of drug-likeness (QED) is 0.849. The lowest BCUT2D eigenvalue weighted by molar-refractivity contribution is 0.207. The molecule has 2 aromatic carbocycles. The van der Waals surface area contributed by atoms with Gasteiger partial charge in [0.25, 0.3) is 0 Å². The van der Waals surface area contributed by atoms with Gasteiger partial charge in [0.1, 0.15) is 17.6 Å². The highest BCUT2D eigenvalue weighted by Crippen LogP contribution is 2.35. The molecule has 0 bridgehead atoms. The minimum Gasteiger partial charge on any atom is -0.508 e. The smallest absolute Gasteiger partial charge is 0.124 e. The fourth-order valence-electron chi connectivity index (χ4n) is 2.36. The molecule has 1 N–H and O–H groups in total. The number of ether oxygens (including phenoxy) is 1. The lowest BCUT2D eigenvalue weighted by Crippen LogP contribution is -2.03. The van der Waals surface area contributed by atoms with Crippen LogP contribution in [-0.4, -0.2) is 5.11 Å². The number of phenols is 1. The van der Waals surface area contributed by atoms with Crippen molar-refractivity contribution in [2.24, 2.45) is 0 Å². The predicted molar refractivity (Wildman–Crippen MR) is 66.2 cm³/mol. The van der Waals surface area contributed by atoms with E-state index in [1.807, 2.05) is 12.1 Å². The fourth-order valence-corrected chi connectivity index (χ4v) is 2.36. The first-order valence-corrected chi connectivity index (χ1v) is 5.86. The van der Waals surface area contributed by atoms with Crippen molar-refractivity contribution < 1.29 is 9.84 Å². The van der Waals surface area contributed by atoms with E-state index in [9.17, 15) is 5.11 Å². The van der Waals surface area contributed by atoms with E-state index in [2.05, 4.69) is 18.2 Å². The molecule has 0 saturated heterocycles. The van der Waals surface area contributed by atoms with Gasteiger partial charge in [-0.1, -0.05) is 30.3 Å². The highest BCUT2D eigenvalue weighted by molar-refractivity contribution is 5.36. The van der Waals surface area contributed by atoms with Gasteiger partial charge in [-0.2, -0.15) is 0 Å². The molecule has 0 fully saturated rings. The molecule has 17 heavy (non-hydrogen) atoms. The van der Waals surface area contributed by atoms with Gasteiger partial charge in [0.05, 0.1) is 0 Å². The zero-order valence-electron chi connectivity index (χ0n) is 9.47. The monoisotopic (exact) mass is 226 g/mol. The number of benzene rings is 2. The summed E-state index contributed by atoms with van der Waals surface area (Å²) < 4.78 is 5.92. The Balaban J connectivity index is 1.84. The van der Waals surface area contributed by atoms with Crippen molar-refractivity contribution >= 4 is 0 Å². The van der Waals surface area contributed by atoms with Crippen molar-refractivity contribution in [3.05, 3.63) is 59.7 Å². The third kappa shape index (κ3) is 1.98. The average Bonchev–Trinajstić information content (AvgIpc) is 2.73. The molecule has 0 aliphatic heterocycles. The van der Waals surface area contributed by atoms with E-state index in [0.717, 1.165) is 18.6 Å². The summed E-state index contributed by atoms with van der Waals surface area (Å²) in [4.78, 5) is 0. The van der Waals surface area contributed by atoms with Crippen LogP contribution in [0.1, 0.15) is 23.7 Å². The number of rotatable bonds is 2. The number of aryl methyl sites for hydroxylation is 1. The Morgan fingerprint density at radius 1 is 1.06 bits per heavy atom. The maximum Gasteiger partial charge on any atom is 0.124 e. The molecule has 1 unspecified atom stereocenters. The SMILES string of the molecule is Oc1cccc(OC2CCc3ccccc32)c1. The van der Waals surface area contributed by atoms with Gasteiger partial charge in [-0.05, 0) is 36.1 Å². The van der Waals surface area contributed by atoms with Crippen LogP contribution in [0, 0.1) is 0 Å². The summed E-state index contributed by atoms with van der Waals surface area (Å²) in [6.07, 6.45) is 2.20. The van der Waals surface area contributed by atoms with Crippen LogP contribution in [0.3, 0.4) is 0 Å². The third-order valence-corrected chi connectivity index (χ3v) is 3.17. The molecule has 86 valence electrons. The van der Waals surface area contributed by atoms with E-state index in [1.165, 1.54) is 11.1 Å². The lowest BCUT2D eigenvalue weighted by atomic mass is 10.1. The van der Waals surface area contributed by atoms with E-state index in [1.54, 1.807) is 18.2 Å². The maximum atomic E-state index is 9.40. The van der Waals surface area contributed by atoms with Crippen molar-refractivity contribution in [2.75, 3.05) is 0 Å². The number of aromatic hydroxyl groups is 1. The molecule has 2 heteroatoms. The molecule has 0 aromatic heterocycles. The molecule has 1 aliphatic rings. The molecular formula is C15H14O2. The van der Waals surface area contributed by atoms with Crippen LogP contribution in [-0.2, 0) is 6.42 Å². The molecule has 1 aliphatic carbocycles. The number of hydrogen-bond acceptors (Lipinski definition) is 2. The first-order valence-electron chi connectivity index (χ1n) is 5.86. The van der Waals surface area contributed by atoms with Gasteiger partial charge in [-0.15, -0.1) is 0 Å². The minimum absolute atomic E-state index is 0.119. The summed E-state index contributed by atoms with van der Waals surface area (Å²) in [6.45, 7) is 0. The summed E-state index contributed by atoms with van der Waals surface area (Å²) in [7, 11) is 0. The third-order valence-electron chi connectivity index (χ3n) is 3.17. The second kappa shape index (κ2) is 4.13. The number of phenolic OH excluding ortho intramolecular Hbond substituents is 1. The van der Waals surface area contributed by atoms with Gasteiger partial charge in [0.15, 0.2) is 0 Å². The second-order valence-electron chi connectivity index (χ2n) is 4.34. The Labute approximate surface area is 100 Å². The Kier molecular flexibility index (Phi) is 2.48. The summed E-state index contributed by atoms with van der Waals surface area (Å²) >= 11 is 0. The Bertz CT molecular complexity index is 534. The summed E-state index contributed by atoms with van der Waals surface area (Å²) in [5.74, 6) is 0.973. The van der Waals surface area contributed by atoms with Crippen molar-refractivity contribution in [1.82, 2.24) is 0 Å².